The molecule has 0 radical (unpaired) electrons. The van der Waals surface area contributed by atoms with Gasteiger partial charge in [0.2, 0.25) is 17.6 Å². The summed E-state index contributed by atoms with van der Waals surface area (Å²) >= 11 is 0. The van der Waals surface area contributed by atoms with Gasteiger partial charge in [-0.15, -0.1) is 0 Å². The molecule has 294 valence electrons. The average Bonchev–Trinajstić information content (AvgIpc) is 3.13. The van der Waals surface area contributed by atoms with E-state index in [1.165, 1.54) is 32.2 Å². The summed E-state index contributed by atoms with van der Waals surface area (Å²) in [7, 11) is 1.31. The van der Waals surface area contributed by atoms with Crippen molar-refractivity contribution in [3.8, 4) is 17.2 Å². The topological polar surface area (TPSA) is 296 Å². The SMILES string of the molecule is COc1cccc2c1C(=O)c1c(O)c3c(c(O)c1C2=O)C[C@@](O)(C(C)=O)C[C@H]3O[C@H]1C[C@@H](NC(=O)[C@@H](CCCCN)NC(=O)[C@H](N)CCN)[C@@H](O)[C@@H](C)O1. The summed E-state index contributed by atoms with van der Waals surface area (Å²) in [6.07, 6.45) is -4.47. The normalized spacial score (nSPS) is 25.8. The fourth-order valence-corrected chi connectivity index (χ4v) is 7.40. The predicted molar refractivity (Wildman–Crippen MR) is 191 cm³/mol. The molecule has 0 bridgehead atoms. The summed E-state index contributed by atoms with van der Waals surface area (Å²) in [4.78, 5) is 66.8. The Bertz CT molecular complexity index is 1820. The van der Waals surface area contributed by atoms with Crippen LogP contribution in [0.15, 0.2) is 18.2 Å². The Morgan fingerprint density at radius 3 is 2.37 bits per heavy atom. The lowest BCUT2D eigenvalue weighted by Gasteiger charge is -2.43. The number of rotatable bonds is 14. The number of amides is 2. The van der Waals surface area contributed by atoms with Gasteiger partial charge in [-0.1, -0.05) is 12.1 Å². The first-order valence-corrected chi connectivity index (χ1v) is 17.9. The lowest BCUT2D eigenvalue weighted by atomic mass is 9.72. The van der Waals surface area contributed by atoms with Gasteiger partial charge in [-0.2, -0.15) is 0 Å². The van der Waals surface area contributed by atoms with Gasteiger partial charge in [-0.3, -0.25) is 24.0 Å². The Hall–Kier alpha value is -4.49. The highest BCUT2D eigenvalue weighted by atomic mass is 16.7. The standard InChI is InChI=1S/C37H49N5O12/c1-16-30(44)22(42-36(50)21(8-4-5-11-38)41-35(49)20(40)10-12-39)13-25(53-16)54-24-15-37(51,17(2)43)14-19-27(24)34(48)29-28(32(19)46)31(45)18-7-6-9-23(52-3)26(18)33(29)47/h6-7,9,16,20-22,24-25,30,44,46,48,51H,4-5,8,10-15,38-40H2,1-3H3,(H,41,49)(H,42,50)/t16-,20-,21-,22-,24-,25+,30+,37+/m1/s1. The molecule has 17 nitrogen and oxygen atoms in total. The number of nitrogens with two attached hydrogens (primary N) is 3. The van der Waals surface area contributed by atoms with E-state index in [-0.39, 0.29) is 53.8 Å². The number of phenolic OH excluding ortho intramolecular Hbond substituents is 2. The molecule has 3 aliphatic rings. The number of hydrogen-bond acceptors (Lipinski definition) is 15. The number of ether oxygens (including phenoxy) is 3. The van der Waals surface area contributed by atoms with Crippen molar-refractivity contribution in [2.75, 3.05) is 20.2 Å². The zero-order chi connectivity index (χ0) is 39.6. The van der Waals surface area contributed by atoms with Gasteiger partial charge in [0.25, 0.3) is 0 Å². The Morgan fingerprint density at radius 2 is 1.72 bits per heavy atom. The Kier molecular flexibility index (Phi) is 12.4. The van der Waals surface area contributed by atoms with E-state index < -0.39 is 113 Å². The minimum Gasteiger partial charge on any atom is -0.507 e. The van der Waals surface area contributed by atoms with E-state index in [2.05, 4.69) is 10.6 Å². The molecule has 2 amide bonds. The highest BCUT2D eigenvalue weighted by Gasteiger charge is 2.50. The van der Waals surface area contributed by atoms with Crippen LogP contribution in [0, 0.1) is 0 Å². The maximum Gasteiger partial charge on any atom is 0.242 e. The van der Waals surface area contributed by atoms with Crippen LogP contribution in [0.4, 0.5) is 0 Å². The lowest BCUT2D eigenvalue weighted by Crippen LogP contribution is -2.59. The molecule has 54 heavy (non-hydrogen) atoms. The number of phenols is 2. The summed E-state index contributed by atoms with van der Waals surface area (Å²) in [5.74, 6) is -4.78. The van der Waals surface area contributed by atoms with Crippen molar-refractivity contribution in [1.82, 2.24) is 10.6 Å². The van der Waals surface area contributed by atoms with Crippen molar-refractivity contribution in [2.24, 2.45) is 17.2 Å². The number of carbonyl (C=O) groups excluding carboxylic acids is 5. The second-order valence-electron chi connectivity index (χ2n) is 14.1. The fraction of sp³-hybridized carbons (Fsp3) is 0.541. The first-order valence-electron chi connectivity index (χ1n) is 17.9. The number of aliphatic hydroxyl groups excluding tert-OH is 1. The molecule has 1 heterocycles. The molecular formula is C37H49N5O12. The maximum atomic E-state index is 13.9. The Balaban J connectivity index is 1.47. The zero-order valence-electron chi connectivity index (χ0n) is 30.4. The number of Topliss-reactive ketones (excluding diaryl/α,β-unsaturated/α-hetero) is 1. The Labute approximate surface area is 311 Å². The van der Waals surface area contributed by atoms with Gasteiger partial charge in [0.05, 0.1) is 48.1 Å². The molecule has 0 saturated carbocycles. The number of hydrogen-bond donors (Lipinski definition) is 9. The van der Waals surface area contributed by atoms with Crippen LogP contribution in [-0.2, 0) is 30.3 Å². The molecule has 8 atom stereocenters. The van der Waals surface area contributed by atoms with Crippen LogP contribution < -0.4 is 32.6 Å². The number of carbonyl (C=O) groups is 5. The molecule has 5 rings (SSSR count). The van der Waals surface area contributed by atoms with Crippen LogP contribution in [-0.4, -0.2) is 112 Å². The van der Waals surface area contributed by atoms with Gasteiger partial charge in [-0.05, 0) is 58.7 Å². The van der Waals surface area contributed by atoms with Crippen molar-refractivity contribution in [3.05, 3.63) is 51.6 Å². The second kappa shape index (κ2) is 16.5. The molecule has 2 aromatic rings. The van der Waals surface area contributed by atoms with E-state index in [0.29, 0.717) is 19.4 Å². The third kappa shape index (κ3) is 7.70. The average molecular weight is 756 g/mol. The summed E-state index contributed by atoms with van der Waals surface area (Å²) in [5, 5.41) is 51.4. The highest BCUT2D eigenvalue weighted by Crippen LogP contribution is 2.52. The van der Waals surface area contributed by atoms with E-state index in [9.17, 15) is 44.4 Å². The molecule has 0 unspecified atom stereocenters. The third-order valence-electron chi connectivity index (χ3n) is 10.5. The van der Waals surface area contributed by atoms with E-state index in [1.54, 1.807) is 0 Å². The van der Waals surface area contributed by atoms with Crippen molar-refractivity contribution in [3.63, 3.8) is 0 Å². The molecule has 1 aliphatic heterocycles. The maximum absolute atomic E-state index is 13.9. The highest BCUT2D eigenvalue weighted by molar-refractivity contribution is 6.31. The summed E-state index contributed by atoms with van der Waals surface area (Å²) in [6, 6.07) is 1.39. The van der Waals surface area contributed by atoms with Crippen LogP contribution in [0.1, 0.15) is 101 Å². The van der Waals surface area contributed by atoms with E-state index >= 15 is 0 Å². The number of aliphatic hydroxyl groups is 2. The van der Waals surface area contributed by atoms with Crippen molar-refractivity contribution in [2.45, 2.75) is 107 Å². The monoisotopic (exact) mass is 755 g/mol. The van der Waals surface area contributed by atoms with Crippen LogP contribution in [0.5, 0.6) is 17.2 Å². The first kappa shape index (κ1) is 40.7. The third-order valence-corrected chi connectivity index (χ3v) is 10.5. The predicted octanol–water partition coefficient (Wildman–Crippen LogP) is -0.524. The molecule has 1 fully saturated rings. The molecule has 0 aromatic heterocycles. The van der Waals surface area contributed by atoms with E-state index in [0.717, 1.165) is 6.92 Å². The minimum atomic E-state index is -2.13. The van der Waals surface area contributed by atoms with Gasteiger partial charge >= 0.3 is 0 Å². The molecule has 2 aliphatic carbocycles. The van der Waals surface area contributed by atoms with Gasteiger partial charge in [-0.25, -0.2) is 0 Å². The summed E-state index contributed by atoms with van der Waals surface area (Å²) in [5.41, 5.74) is 13.5. The summed E-state index contributed by atoms with van der Waals surface area (Å²) < 4.78 is 17.6. The van der Waals surface area contributed by atoms with Crippen LogP contribution in [0.3, 0.4) is 0 Å². The van der Waals surface area contributed by atoms with Gasteiger partial charge in [0.15, 0.2) is 17.9 Å². The Morgan fingerprint density at radius 1 is 1.02 bits per heavy atom. The van der Waals surface area contributed by atoms with Crippen molar-refractivity contribution >= 4 is 29.2 Å². The molecule has 12 N–H and O–H groups in total. The quantitative estimate of drug-likeness (QED) is 0.0739. The van der Waals surface area contributed by atoms with Crippen molar-refractivity contribution < 1.29 is 58.6 Å². The molecule has 1 saturated heterocycles. The van der Waals surface area contributed by atoms with Crippen LogP contribution in [0.2, 0.25) is 0 Å². The number of aromatic hydroxyl groups is 2. The van der Waals surface area contributed by atoms with E-state index in [1.807, 2.05) is 0 Å². The smallest absolute Gasteiger partial charge is 0.242 e. The van der Waals surface area contributed by atoms with Crippen LogP contribution >= 0.6 is 0 Å². The molecular weight excluding hydrogens is 706 g/mol. The molecule has 2 aromatic carbocycles. The van der Waals surface area contributed by atoms with E-state index in [4.69, 9.17) is 31.4 Å². The first-order chi connectivity index (χ1) is 25.6. The van der Waals surface area contributed by atoms with Gasteiger partial charge in [0.1, 0.15) is 35.0 Å². The zero-order valence-corrected chi connectivity index (χ0v) is 30.4. The number of fused-ring (bicyclic) bond motifs is 3. The fourth-order valence-electron chi connectivity index (χ4n) is 7.40. The number of ketones is 3. The number of nitrogens with one attached hydrogen (secondary N) is 2. The van der Waals surface area contributed by atoms with Crippen LogP contribution in [0.25, 0.3) is 0 Å². The largest absolute Gasteiger partial charge is 0.507 e. The lowest BCUT2D eigenvalue weighted by molar-refractivity contribution is -0.249. The summed E-state index contributed by atoms with van der Waals surface area (Å²) in [6.45, 7) is 3.20. The van der Waals surface area contributed by atoms with Crippen molar-refractivity contribution in [1.29, 1.82) is 0 Å². The number of methoxy groups -OCH3 is 1. The number of benzene rings is 2. The molecule has 0 spiro atoms. The molecule has 17 heteroatoms. The number of unbranched alkanes of at least 4 members (excludes halogenated alkanes) is 1. The van der Waals surface area contributed by atoms with Gasteiger partial charge < -0.3 is 62.5 Å². The second-order valence-corrected chi connectivity index (χ2v) is 14.1. The van der Waals surface area contributed by atoms with Gasteiger partial charge in [0, 0.05) is 36.0 Å². The minimum absolute atomic E-state index is 0.0669.